The Labute approximate surface area is 79.5 Å². The lowest BCUT2D eigenvalue weighted by Crippen LogP contribution is -1.87. The van der Waals surface area contributed by atoms with Gasteiger partial charge in [0.05, 0.1) is 0 Å². The Balaban J connectivity index is 3.04. The number of H-pyrrole nitrogens is 1. The Kier molecular flexibility index (Phi) is 2.91. The number of hydrogen-bond acceptors (Lipinski definition) is 0. The zero-order valence-corrected chi connectivity index (χ0v) is 8.22. The summed E-state index contributed by atoms with van der Waals surface area (Å²) in [6.45, 7) is 11.9. The summed E-state index contributed by atoms with van der Waals surface area (Å²) in [6.07, 6.45) is 3.74. The Bertz CT molecular complexity index is 335. The molecule has 1 rings (SSSR count). The summed E-state index contributed by atoms with van der Waals surface area (Å²) in [5.41, 5.74) is 4.40. The molecule has 68 valence electrons. The van der Waals surface area contributed by atoms with E-state index >= 15 is 0 Å². The van der Waals surface area contributed by atoms with Crippen LogP contribution in [0.25, 0.3) is 5.57 Å². The molecule has 0 saturated heterocycles. The average Bonchev–Trinajstić information content (AvgIpc) is 2.56. The zero-order chi connectivity index (χ0) is 9.84. The van der Waals surface area contributed by atoms with Crippen molar-refractivity contribution in [2.75, 3.05) is 0 Å². The highest BCUT2D eigenvalue weighted by Gasteiger charge is 2.03. The summed E-state index contributed by atoms with van der Waals surface area (Å²) in [4.78, 5) is 3.13. The largest absolute Gasteiger partial charge is 0.361 e. The molecule has 0 amide bonds. The van der Waals surface area contributed by atoms with Gasteiger partial charge < -0.3 is 4.98 Å². The summed E-state index contributed by atoms with van der Waals surface area (Å²) in [6, 6.07) is 3.97. The summed E-state index contributed by atoms with van der Waals surface area (Å²) >= 11 is 0. The van der Waals surface area contributed by atoms with Crippen molar-refractivity contribution in [3.05, 3.63) is 54.4 Å². The molecule has 0 atom stereocenters. The lowest BCUT2D eigenvalue weighted by atomic mass is 10.0. The first-order valence-electron chi connectivity index (χ1n) is 4.29. The van der Waals surface area contributed by atoms with Crippen LogP contribution in [0.1, 0.15) is 19.5 Å². The van der Waals surface area contributed by atoms with Crippen LogP contribution in [0.2, 0.25) is 0 Å². The maximum atomic E-state index is 4.03. The van der Waals surface area contributed by atoms with E-state index in [0.717, 1.165) is 16.8 Å². The fraction of sp³-hybridized carbons (Fsp3) is 0.167. The molecule has 1 heterocycles. The first-order chi connectivity index (χ1) is 6.16. The molecule has 0 saturated carbocycles. The van der Waals surface area contributed by atoms with Gasteiger partial charge in [-0.1, -0.05) is 24.8 Å². The van der Waals surface area contributed by atoms with Crippen LogP contribution < -0.4 is 0 Å². The van der Waals surface area contributed by atoms with Gasteiger partial charge in [-0.3, -0.25) is 0 Å². The molecule has 0 aromatic carbocycles. The molecular weight excluding hydrogens is 158 g/mol. The van der Waals surface area contributed by atoms with E-state index < -0.39 is 0 Å². The lowest BCUT2D eigenvalue weighted by Gasteiger charge is -2.06. The predicted molar refractivity (Wildman–Crippen MR) is 58.4 cm³/mol. The standard InChI is InChI=1S/C12H15N/c1-5-11(9(2)3)10(4)12-7-6-8-13-12/h5-8,13H,1,4H2,2-3H3. The van der Waals surface area contributed by atoms with E-state index in [1.54, 1.807) is 0 Å². The van der Waals surface area contributed by atoms with Gasteiger partial charge in [-0.05, 0) is 37.1 Å². The highest BCUT2D eigenvalue weighted by Crippen LogP contribution is 2.22. The second-order valence-corrected chi connectivity index (χ2v) is 3.18. The van der Waals surface area contributed by atoms with Crippen LogP contribution >= 0.6 is 0 Å². The number of allylic oxidation sites excluding steroid dienone is 4. The van der Waals surface area contributed by atoms with Gasteiger partial charge in [0.25, 0.3) is 0 Å². The van der Waals surface area contributed by atoms with E-state index in [1.165, 1.54) is 5.57 Å². The minimum absolute atomic E-state index is 1.00. The molecule has 1 aromatic rings. The quantitative estimate of drug-likeness (QED) is 0.673. The molecule has 1 heteroatoms. The molecule has 1 aromatic heterocycles. The number of rotatable bonds is 3. The maximum Gasteiger partial charge on any atom is 0.0453 e. The van der Waals surface area contributed by atoms with Crippen LogP contribution in [0.3, 0.4) is 0 Å². The van der Waals surface area contributed by atoms with Crippen molar-refractivity contribution in [3.8, 4) is 0 Å². The van der Waals surface area contributed by atoms with Gasteiger partial charge in [-0.25, -0.2) is 0 Å². The van der Waals surface area contributed by atoms with Crippen molar-refractivity contribution < 1.29 is 0 Å². The number of aromatic amines is 1. The van der Waals surface area contributed by atoms with Crippen LogP contribution in [0.5, 0.6) is 0 Å². The normalized spacial score (nSPS) is 9.38. The summed E-state index contributed by atoms with van der Waals surface area (Å²) in [5, 5.41) is 0. The van der Waals surface area contributed by atoms with Crippen LogP contribution in [-0.2, 0) is 0 Å². The number of nitrogens with one attached hydrogen (secondary N) is 1. The highest BCUT2D eigenvalue weighted by atomic mass is 14.7. The molecule has 1 N–H and O–H groups in total. The predicted octanol–water partition coefficient (Wildman–Crippen LogP) is 3.55. The second kappa shape index (κ2) is 3.94. The first kappa shape index (κ1) is 9.59. The van der Waals surface area contributed by atoms with Crippen LogP contribution in [0, 0.1) is 0 Å². The number of aromatic nitrogens is 1. The van der Waals surface area contributed by atoms with E-state index in [-0.39, 0.29) is 0 Å². The van der Waals surface area contributed by atoms with Gasteiger partial charge in [-0.15, -0.1) is 0 Å². The first-order valence-corrected chi connectivity index (χ1v) is 4.29. The minimum Gasteiger partial charge on any atom is -0.361 e. The van der Waals surface area contributed by atoms with Gasteiger partial charge in [0.1, 0.15) is 0 Å². The fourth-order valence-corrected chi connectivity index (χ4v) is 1.29. The average molecular weight is 173 g/mol. The smallest absolute Gasteiger partial charge is 0.0453 e. The van der Waals surface area contributed by atoms with Crippen molar-refractivity contribution in [3.63, 3.8) is 0 Å². The molecule has 0 aliphatic rings. The van der Waals surface area contributed by atoms with E-state index in [1.807, 2.05) is 24.4 Å². The third-order valence-electron chi connectivity index (χ3n) is 1.99. The molecular formula is C12H15N. The molecule has 0 spiro atoms. The molecule has 0 bridgehead atoms. The van der Waals surface area contributed by atoms with Crippen molar-refractivity contribution >= 4 is 5.57 Å². The van der Waals surface area contributed by atoms with Crippen molar-refractivity contribution in [2.24, 2.45) is 0 Å². The summed E-state index contributed by atoms with van der Waals surface area (Å²) in [7, 11) is 0. The van der Waals surface area contributed by atoms with Crippen molar-refractivity contribution in [1.29, 1.82) is 0 Å². The lowest BCUT2D eigenvalue weighted by molar-refractivity contribution is 1.31. The maximum absolute atomic E-state index is 4.03. The fourth-order valence-electron chi connectivity index (χ4n) is 1.29. The topological polar surface area (TPSA) is 15.8 Å². The van der Waals surface area contributed by atoms with Gasteiger partial charge in [0.2, 0.25) is 0 Å². The number of hydrogen-bond donors (Lipinski definition) is 1. The summed E-state index contributed by atoms with van der Waals surface area (Å²) in [5.74, 6) is 0. The Morgan fingerprint density at radius 3 is 2.54 bits per heavy atom. The Hall–Kier alpha value is -1.50. The van der Waals surface area contributed by atoms with Gasteiger partial charge in [0.15, 0.2) is 0 Å². The molecule has 0 fully saturated rings. The van der Waals surface area contributed by atoms with Gasteiger partial charge in [-0.2, -0.15) is 0 Å². The summed E-state index contributed by atoms with van der Waals surface area (Å²) < 4.78 is 0. The van der Waals surface area contributed by atoms with E-state index in [4.69, 9.17) is 0 Å². The van der Waals surface area contributed by atoms with Crippen LogP contribution in [0.15, 0.2) is 48.7 Å². The van der Waals surface area contributed by atoms with Crippen molar-refractivity contribution in [2.45, 2.75) is 13.8 Å². The van der Waals surface area contributed by atoms with E-state index in [9.17, 15) is 0 Å². The minimum atomic E-state index is 1.00. The van der Waals surface area contributed by atoms with E-state index in [0.29, 0.717) is 0 Å². The molecule has 0 aliphatic heterocycles. The molecule has 13 heavy (non-hydrogen) atoms. The Morgan fingerprint density at radius 1 is 1.46 bits per heavy atom. The molecule has 0 radical (unpaired) electrons. The third-order valence-corrected chi connectivity index (χ3v) is 1.99. The van der Waals surface area contributed by atoms with Crippen LogP contribution in [-0.4, -0.2) is 4.98 Å². The molecule has 1 nitrogen and oxygen atoms in total. The second-order valence-electron chi connectivity index (χ2n) is 3.18. The van der Waals surface area contributed by atoms with Gasteiger partial charge in [0, 0.05) is 11.9 Å². The Morgan fingerprint density at radius 2 is 2.15 bits per heavy atom. The SMILES string of the molecule is C=CC(C(=C)c1ccc[nH]1)=C(C)C. The molecule has 0 aliphatic carbocycles. The van der Waals surface area contributed by atoms with Crippen LogP contribution in [0.4, 0.5) is 0 Å². The third kappa shape index (κ3) is 2.00. The van der Waals surface area contributed by atoms with E-state index in [2.05, 4.69) is 32.0 Å². The van der Waals surface area contributed by atoms with Gasteiger partial charge >= 0.3 is 0 Å². The monoisotopic (exact) mass is 173 g/mol. The highest BCUT2D eigenvalue weighted by molar-refractivity contribution is 5.78. The molecule has 0 unspecified atom stereocenters. The van der Waals surface area contributed by atoms with Crippen molar-refractivity contribution in [1.82, 2.24) is 4.98 Å². The zero-order valence-electron chi connectivity index (χ0n) is 8.22.